The zero-order valence-electron chi connectivity index (χ0n) is 11.0. The average Bonchev–Trinajstić information content (AvgIpc) is 3.23. The number of hydrogen-bond donors (Lipinski definition) is 1. The van der Waals surface area contributed by atoms with Gasteiger partial charge in [-0.1, -0.05) is 53.0 Å². The van der Waals surface area contributed by atoms with Crippen molar-refractivity contribution in [3.05, 3.63) is 68.7 Å². The Morgan fingerprint density at radius 3 is 2.29 bits per heavy atom. The largest absolute Gasteiger partial charge is 0.342 e. The molecular weight excluding hydrogens is 329 g/mol. The molecule has 1 aliphatic rings. The summed E-state index contributed by atoms with van der Waals surface area (Å²) in [6, 6.07) is 12.6. The fourth-order valence-electron chi connectivity index (χ4n) is 2.34. The molecule has 1 fully saturated rings. The van der Waals surface area contributed by atoms with Gasteiger partial charge in [-0.15, -0.1) is 0 Å². The molecule has 0 unspecified atom stereocenters. The second kappa shape index (κ2) is 5.53. The molecule has 1 N–H and O–H groups in total. The summed E-state index contributed by atoms with van der Waals surface area (Å²) in [7, 11) is 0. The number of nitrogens with one attached hydrogen (secondary N) is 1. The summed E-state index contributed by atoms with van der Waals surface area (Å²) in [5, 5.41) is 4.40. The van der Waals surface area contributed by atoms with Crippen LogP contribution >= 0.6 is 34.8 Å². The highest BCUT2D eigenvalue weighted by atomic mass is 35.5. The van der Waals surface area contributed by atoms with Crippen LogP contribution in [-0.2, 0) is 5.54 Å². The molecule has 5 heteroatoms. The molecule has 1 saturated carbocycles. The molecule has 0 aliphatic heterocycles. The summed E-state index contributed by atoms with van der Waals surface area (Å²) in [5.41, 5.74) is 1.13. The second-order valence-electron chi connectivity index (χ2n) is 5.14. The van der Waals surface area contributed by atoms with Gasteiger partial charge < -0.3 is 5.32 Å². The van der Waals surface area contributed by atoms with Gasteiger partial charge in [-0.05, 0) is 42.7 Å². The van der Waals surface area contributed by atoms with Crippen LogP contribution in [0.1, 0.15) is 28.8 Å². The summed E-state index contributed by atoms with van der Waals surface area (Å²) in [6.07, 6.45) is 1.80. The first kappa shape index (κ1) is 14.7. The van der Waals surface area contributed by atoms with E-state index >= 15 is 0 Å². The molecular formula is C16H12Cl3NO. The minimum Gasteiger partial charge on any atom is -0.342 e. The molecule has 1 amide bonds. The van der Waals surface area contributed by atoms with Gasteiger partial charge in [-0.3, -0.25) is 4.79 Å². The van der Waals surface area contributed by atoms with E-state index in [0.29, 0.717) is 15.6 Å². The number of carbonyl (C=O) groups excluding carboxylic acids is 1. The highest BCUT2D eigenvalue weighted by molar-refractivity contribution is 6.43. The highest BCUT2D eigenvalue weighted by Crippen LogP contribution is 2.46. The van der Waals surface area contributed by atoms with Gasteiger partial charge in [0.1, 0.15) is 0 Å². The normalized spacial score (nSPS) is 15.6. The minimum atomic E-state index is -0.312. The van der Waals surface area contributed by atoms with Crippen molar-refractivity contribution in [2.45, 2.75) is 18.4 Å². The molecule has 0 radical (unpaired) electrons. The average molecular weight is 341 g/mol. The summed E-state index contributed by atoms with van der Waals surface area (Å²) >= 11 is 17.9. The molecule has 108 valence electrons. The number of benzene rings is 2. The zero-order valence-corrected chi connectivity index (χ0v) is 13.3. The Labute approximate surface area is 138 Å². The van der Waals surface area contributed by atoms with E-state index in [9.17, 15) is 4.79 Å². The quantitative estimate of drug-likeness (QED) is 0.830. The van der Waals surface area contributed by atoms with Gasteiger partial charge >= 0.3 is 0 Å². The summed E-state index contributed by atoms with van der Waals surface area (Å²) in [6.45, 7) is 0. The molecule has 1 aliphatic carbocycles. The lowest BCUT2D eigenvalue weighted by atomic mass is 10.0. The molecule has 3 rings (SSSR count). The molecule has 0 bridgehead atoms. The third-order valence-electron chi connectivity index (χ3n) is 3.70. The van der Waals surface area contributed by atoms with Gasteiger partial charge in [0.2, 0.25) is 0 Å². The maximum Gasteiger partial charge on any atom is 0.253 e. The third-order valence-corrected chi connectivity index (χ3v) is 4.77. The van der Waals surface area contributed by atoms with E-state index in [0.717, 1.165) is 18.4 Å². The molecule has 0 saturated heterocycles. The lowest BCUT2D eigenvalue weighted by Crippen LogP contribution is -2.35. The van der Waals surface area contributed by atoms with Gasteiger partial charge in [0, 0.05) is 5.02 Å². The van der Waals surface area contributed by atoms with Crippen molar-refractivity contribution >= 4 is 40.7 Å². The van der Waals surface area contributed by atoms with Crippen molar-refractivity contribution in [1.82, 2.24) is 5.32 Å². The Morgan fingerprint density at radius 1 is 1.00 bits per heavy atom. The van der Waals surface area contributed by atoms with Crippen molar-refractivity contribution in [3.63, 3.8) is 0 Å². The van der Waals surface area contributed by atoms with Gasteiger partial charge in [0.05, 0.1) is 21.1 Å². The van der Waals surface area contributed by atoms with Gasteiger partial charge in [-0.25, -0.2) is 0 Å². The fourth-order valence-corrected chi connectivity index (χ4v) is 2.86. The van der Waals surface area contributed by atoms with Gasteiger partial charge in [0.25, 0.3) is 5.91 Å². The van der Waals surface area contributed by atoms with Crippen LogP contribution in [0.3, 0.4) is 0 Å². The van der Waals surface area contributed by atoms with Crippen LogP contribution in [0.5, 0.6) is 0 Å². The Balaban J connectivity index is 1.84. The third kappa shape index (κ3) is 2.89. The Hall–Kier alpha value is -1.22. The van der Waals surface area contributed by atoms with Crippen LogP contribution in [-0.4, -0.2) is 5.91 Å². The fraction of sp³-hybridized carbons (Fsp3) is 0.188. The predicted molar refractivity (Wildman–Crippen MR) is 86.3 cm³/mol. The van der Waals surface area contributed by atoms with Gasteiger partial charge in [-0.2, -0.15) is 0 Å². The predicted octanol–water partition coefficient (Wildman–Crippen LogP) is 5.07. The molecule has 2 aromatic carbocycles. The first-order chi connectivity index (χ1) is 10.0. The van der Waals surface area contributed by atoms with E-state index in [1.54, 1.807) is 18.2 Å². The molecule has 0 atom stereocenters. The van der Waals surface area contributed by atoms with E-state index in [1.165, 1.54) is 0 Å². The number of hydrogen-bond acceptors (Lipinski definition) is 1. The SMILES string of the molecule is O=C(NC1(c2ccc(Cl)cc2)CC1)c1cccc(Cl)c1Cl. The molecule has 0 spiro atoms. The summed E-state index contributed by atoms with van der Waals surface area (Å²) in [4.78, 5) is 12.4. The van der Waals surface area contributed by atoms with Crippen LogP contribution in [0.15, 0.2) is 42.5 Å². The molecule has 2 nitrogen and oxygen atoms in total. The number of rotatable bonds is 3. The first-order valence-corrected chi connectivity index (χ1v) is 7.68. The highest BCUT2D eigenvalue weighted by Gasteiger charge is 2.45. The topological polar surface area (TPSA) is 29.1 Å². The second-order valence-corrected chi connectivity index (χ2v) is 6.37. The van der Waals surface area contributed by atoms with E-state index in [4.69, 9.17) is 34.8 Å². The Morgan fingerprint density at radius 2 is 1.67 bits per heavy atom. The zero-order chi connectivity index (χ0) is 15.0. The first-order valence-electron chi connectivity index (χ1n) is 6.54. The maximum absolute atomic E-state index is 12.4. The molecule has 0 aromatic heterocycles. The number of carbonyl (C=O) groups is 1. The van der Waals surface area contributed by atoms with Crippen molar-refractivity contribution in [3.8, 4) is 0 Å². The lowest BCUT2D eigenvalue weighted by molar-refractivity contribution is 0.0931. The van der Waals surface area contributed by atoms with E-state index in [1.807, 2.05) is 24.3 Å². The van der Waals surface area contributed by atoms with Crippen LogP contribution in [0.25, 0.3) is 0 Å². The lowest BCUT2D eigenvalue weighted by Gasteiger charge is -2.18. The van der Waals surface area contributed by atoms with Crippen LogP contribution < -0.4 is 5.32 Å². The van der Waals surface area contributed by atoms with Crippen LogP contribution in [0.2, 0.25) is 15.1 Å². The molecule has 0 heterocycles. The smallest absolute Gasteiger partial charge is 0.253 e. The monoisotopic (exact) mass is 339 g/mol. The summed E-state index contributed by atoms with van der Waals surface area (Å²) in [5.74, 6) is -0.213. The maximum atomic E-state index is 12.4. The minimum absolute atomic E-state index is 0.213. The van der Waals surface area contributed by atoms with Crippen molar-refractivity contribution in [2.75, 3.05) is 0 Å². The molecule has 21 heavy (non-hydrogen) atoms. The Bertz CT molecular complexity index is 693. The van der Waals surface area contributed by atoms with Crippen LogP contribution in [0.4, 0.5) is 0 Å². The van der Waals surface area contributed by atoms with Crippen molar-refractivity contribution < 1.29 is 4.79 Å². The molecule has 2 aromatic rings. The number of amides is 1. The Kier molecular flexibility index (Phi) is 3.87. The number of halogens is 3. The van der Waals surface area contributed by atoms with E-state index in [2.05, 4.69) is 5.32 Å². The van der Waals surface area contributed by atoms with Gasteiger partial charge in [0.15, 0.2) is 0 Å². The van der Waals surface area contributed by atoms with Crippen LogP contribution in [0, 0.1) is 0 Å². The summed E-state index contributed by atoms with van der Waals surface area (Å²) < 4.78 is 0. The van der Waals surface area contributed by atoms with E-state index < -0.39 is 0 Å². The van der Waals surface area contributed by atoms with Crippen molar-refractivity contribution in [1.29, 1.82) is 0 Å². The van der Waals surface area contributed by atoms with Crippen molar-refractivity contribution in [2.24, 2.45) is 0 Å². The standard InChI is InChI=1S/C16H12Cl3NO/c17-11-6-4-10(5-7-11)16(8-9-16)20-15(21)12-2-1-3-13(18)14(12)19/h1-7H,8-9H2,(H,20,21). The van der Waals surface area contributed by atoms with E-state index in [-0.39, 0.29) is 16.5 Å².